The third-order valence-corrected chi connectivity index (χ3v) is 3.60. The summed E-state index contributed by atoms with van der Waals surface area (Å²) in [6.07, 6.45) is 1.25. The highest BCUT2D eigenvalue weighted by atomic mass is 16.5. The maximum atomic E-state index is 5.22. The predicted molar refractivity (Wildman–Crippen MR) is 64.2 cm³/mol. The first-order valence-corrected chi connectivity index (χ1v) is 6.15. The van der Waals surface area contributed by atoms with E-state index in [1.54, 1.807) is 7.11 Å². The van der Waals surface area contributed by atoms with Gasteiger partial charge < -0.3 is 10.1 Å². The minimum atomic E-state index is 0.545. The van der Waals surface area contributed by atoms with Crippen molar-refractivity contribution in [2.45, 2.75) is 39.3 Å². The molecule has 1 heterocycles. The van der Waals surface area contributed by atoms with Gasteiger partial charge in [-0.05, 0) is 12.8 Å². The average Bonchev–Trinajstić information content (AvgIpc) is 2.28. The molecule has 1 saturated heterocycles. The number of nitrogens with one attached hydrogen (secondary N) is 1. The Morgan fingerprint density at radius 3 is 2.80 bits per heavy atom. The summed E-state index contributed by atoms with van der Waals surface area (Å²) in [5, 5.41) is 3.61. The Balaban J connectivity index is 2.41. The van der Waals surface area contributed by atoms with Crippen molar-refractivity contribution in [3.63, 3.8) is 0 Å². The maximum absolute atomic E-state index is 5.22. The number of hydrogen-bond acceptors (Lipinski definition) is 3. The third-order valence-electron chi connectivity index (χ3n) is 3.60. The molecule has 0 spiro atoms. The van der Waals surface area contributed by atoms with Gasteiger partial charge in [0.1, 0.15) is 0 Å². The highest BCUT2D eigenvalue weighted by molar-refractivity contribution is 4.84. The topological polar surface area (TPSA) is 24.5 Å². The van der Waals surface area contributed by atoms with Gasteiger partial charge >= 0.3 is 0 Å². The zero-order valence-corrected chi connectivity index (χ0v) is 10.6. The van der Waals surface area contributed by atoms with Crippen molar-refractivity contribution in [1.29, 1.82) is 0 Å². The summed E-state index contributed by atoms with van der Waals surface area (Å²) in [5.74, 6) is 0.766. The van der Waals surface area contributed by atoms with Gasteiger partial charge in [0.15, 0.2) is 0 Å². The van der Waals surface area contributed by atoms with Gasteiger partial charge in [0, 0.05) is 38.8 Å². The Morgan fingerprint density at radius 1 is 1.47 bits per heavy atom. The van der Waals surface area contributed by atoms with Crippen molar-refractivity contribution in [1.82, 2.24) is 10.2 Å². The van der Waals surface area contributed by atoms with E-state index in [1.807, 2.05) is 0 Å². The van der Waals surface area contributed by atoms with Crippen LogP contribution in [0.15, 0.2) is 0 Å². The van der Waals surface area contributed by atoms with Gasteiger partial charge in [0.2, 0.25) is 0 Å². The molecule has 1 N–H and O–H groups in total. The van der Waals surface area contributed by atoms with Gasteiger partial charge in [-0.2, -0.15) is 0 Å². The Hall–Kier alpha value is -0.120. The fourth-order valence-corrected chi connectivity index (χ4v) is 2.21. The van der Waals surface area contributed by atoms with E-state index in [0.29, 0.717) is 12.1 Å². The lowest BCUT2D eigenvalue weighted by Crippen LogP contribution is -2.56. The monoisotopic (exact) mass is 214 g/mol. The molecule has 1 rings (SSSR count). The van der Waals surface area contributed by atoms with E-state index < -0.39 is 0 Å². The van der Waals surface area contributed by atoms with Crippen LogP contribution in [0, 0.1) is 5.92 Å². The van der Waals surface area contributed by atoms with Gasteiger partial charge in [-0.25, -0.2) is 0 Å². The third kappa shape index (κ3) is 3.74. The van der Waals surface area contributed by atoms with E-state index in [1.165, 1.54) is 13.0 Å². The molecule has 0 amide bonds. The molecule has 3 unspecified atom stereocenters. The van der Waals surface area contributed by atoms with Crippen molar-refractivity contribution in [3.8, 4) is 0 Å². The summed E-state index contributed by atoms with van der Waals surface area (Å²) >= 11 is 0. The fourth-order valence-electron chi connectivity index (χ4n) is 2.21. The average molecular weight is 214 g/mol. The van der Waals surface area contributed by atoms with Crippen LogP contribution in [0.5, 0.6) is 0 Å². The molecule has 90 valence electrons. The van der Waals surface area contributed by atoms with Crippen molar-refractivity contribution < 1.29 is 4.74 Å². The van der Waals surface area contributed by atoms with E-state index in [4.69, 9.17) is 4.74 Å². The lowest BCUT2D eigenvalue weighted by atomic mass is 9.96. The Kier molecular flexibility index (Phi) is 5.58. The summed E-state index contributed by atoms with van der Waals surface area (Å²) in [6.45, 7) is 11.1. The zero-order valence-electron chi connectivity index (χ0n) is 10.6. The molecule has 0 saturated carbocycles. The largest absolute Gasteiger partial charge is 0.383 e. The van der Waals surface area contributed by atoms with E-state index in [9.17, 15) is 0 Å². The standard InChI is InChI=1S/C12H26N2O/c1-5-10(2)12-8-14(7-6-13-12)11(3)9-15-4/h10-13H,5-9H2,1-4H3. The minimum absolute atomic E-state index is 0.545. The van der Waals surface area contributed by atoms with Crippen LogP contribution in [-0.2, 0) is 4.74 Å². The van der Waals surface area contributed by atoms with Crippen LogP contribution in [0.25, 0.3) is 0 Å². The molecule has 3 heteroatoms. The fraction of sp³-hybridized carbons (Fsp3) is 1.00. The second-order valence-corrected chi connectivity index (χ2v) is 4.75. The van der Waals surface area contributed by atoms with Gasteiger partial charge in [-0.15, -0.1) is 0 Å². The first kappa shape index (κ1) is 12.9. The number of piperazine rings is 1. The molecule has 0 bridgehead atoms. The van der Waals surface area contributed by atoms with Gasteiger partial charge in [0.25, 0.3) is 0 Å². The van der Waals surface area contributed by atoms with Crippen LogP contribution < -0.4 is 5.32 Å². The van der Waals surface area contributed by atoms with Crippen molar-refractivity contribution in [2.24, 2.45) is 5.92 Å². The van der Waals surface area contributed by atoms with Gasteiger partial charge in [0.05, 0.1) is 6.61 Å². The SMILES string of the molecule is CCC(C)C1CN(C(C)COC)CCN1. The highest BCUT2D eigenvalue weighted by Crippen LogP contribution is 2.14. The maximum Gasteiger partial charge on any atom is 0.0615 e. The second kappa shape index (κ2) is 6.46. The molecule has 0 aliphatic carbocycles. The number of ether oxygens (including phenoxy) is 1. The van der Waals surface area contributed by atoms with E-state index in [2.05, 4.69) is 31.0 Å². The predicted octanol–water partition coefficient (Wildman–Crippen LogP) is 1.34. The second-order valence-electron chi connectivity index (χ2n) is 4.75. The summed E-state index contributed by atoms with van der Waals surface area (Å²) in [7, 11) is 1.78. The summed E-state index contributed by atoms with van der Waals surface area (Å²) in [6, 6.07) is 1.20. The first-order valence-electron chi connectivity index (χ1n) is 6.15. The molecule has 1 fully saturated rings. The Labute approximate surface area is 94.2 Å². The molecule has 0 aromatic rings. The van der Waals surface area contributed by atoms with Crippen LogP contribution >= 0.6 is 0 Å². The summed E-state index contributed by atoms with van der Waals surface area (Å²) in [5.41, 5.74) is 0. The molecular formula is C12H26N2O. The van der Waals surface area contributed by atoms with Crippen LogP contribution in [0.3, 0.4) is 0 Å². The van der Waals surface area contributed by atoms with E-state index in [-0.39, 0.29) is 0 Å². The van der Waals surface area contributed by atoms with Gasteiger partial charge in [-0.1, -0.05) is 20.3 Å². The summed E-state index contributed by atoms with van der Waals surface area (Å²) < 4.78 is 5.22. The Bertz CT molecular complexity index is 175. The molecule has 3 nitrogen and oxygen atoms in total. The minimum Gasteiger partial charge on any atom is -0.383 e. The van der Waals surface area contributed by atoms with Crippen LogP contribution in [0.1, 0.15) is 27.2 Å². The number of nitrogens with zero attached hydrogens (tertiary/aromatic N) is 1. The Morgan fingerprint density at radius 2 is 2.20 bits per heavy atom. The lowest BCUT2D eigenvalue weighted by Gasteiger charge is -2.39. The van der Waals surface area contributed by atoms with E-state index in [0.717, 1.165) is 25.6 Å². The lowest BCUT2D eigenvalue weighted by molar-refractivity contribution is 0.0697. The van der Waals surface area contributed by atoms with Crippen LogP contribution in [0.2, 0.25) is 0 Å². The zero-order chi connectivity index (χ0) is 11.3. The molecule has 0 radical (unpaired) electrons. The van der Waals surface area contributed by atoms with Crippen molar-refractivity contribution in [3.05, 3.63) is 0 Å². The molecule has 1 aliphatic heterocycles. The smallest absolute Gasteiger partial charge is 0.0615 e. The quantitative estimate of drug-likeness (QED) is 0.747. The molecule has 0 aromatic heterocycles. The first-order chi connectivity index (χ1) is 7.19. The molecular weight excluding hydrogens is 188 g/mol. The molecule has 0 aromatic carbocycles. The van der Waals surface area contributed by atoms with Crippen molar-refractivity contribution in [2.75, 3.05) is 33.4 Å². The summed E-state index contributed by atoms with van der Waals surface area (Å²) in [4.78, 5) is 2.54. The van der Waals surface area contributed by atoms with Gasteiger partial charge in [-0.3, -0.25) is 4.90 Å². The molecule has 3 atom stereocenters. The normalized spacial score (nSPS) is 27.6. The molecule has 1 aliphatic rings. The number of rotatable bonds is 5. The van der Waals surface area contributed by atoms with Crippen LogP contribution in [0.4, 0.5) is 0 Å². The highest BCUT2D eigenvalue weighted by Gasteiger charge is 2.25. The van der Waals surface area contributed by atoms with Crippen molar-refractivity contribution >= 4 is 0 Å². The molecule has 15 heavy (non-hydrogen) atoms. The van der Waals surface area contributed by atoms with Crippen LogP contribution in [-0.4, -0.2) is 50.3 Å². The number of methoxy groups -OCH3 is 1. The number of hydrogen-bond donors (Lipinski definition) is 1. The van der Waals surface area contributed by atoms with E-state index >= 15 is 0 Å².